The van der Waals surface area contributed by atoms with Crippen LogP contribution in [0.4, 0.5) is 11.4 Å². The second kappa shape index (κ2) is 8.66. The zero-order valence-electron chi connectivity index (χ0n) is 16.2. The first kappa shape index (κ1) is 19.0. The van der Waals surface area contributed by atoms with E-state index in [1.807, 2.05) is 0 Å². The van der Waals surface area contributed by atoms with E-state index < -0.39 is 0 Å². The Morgan fingerprint density at radius 3 is 2.56 bits per heavy atom. The van der Waals surface area contributed by atoms with Gasteiger partial charge in [0.2, 0.25) is 0 Å². The first-order valence-corrected chi connectivity index (χ1v) is 9.16. The van der Waals surface area contributed by atoms with Crippen LogP contribution >= 0.6 is 0 Å². The molecule has 0 heterocycles. The van der Waals surface area contributed by atoms with Crippen LogP contribution in [0.2, 0.25) is 0 Å². The smallest absolute Gasteiger partial charge is 0.0661 e. The fourth-order valence-electron chi connectivity index (χ4n) is 2.92. The molecule has 0 aromatic heterocycles. The highest BCUT2D eigenvalue weighted by atomic mass is 14.8. The molecule has 1 unspecified atom stereocenters. The maximum atomic E-state index is 4.74. The molecule has 2 heteroatoms. The average Bonchev–Trinajstić information content (AvgIpc) is 2.60. The lowest BCUT2D eigenvalue weighted by Gasteiger charge is -2.16. The summed E-state index contributed by atoms with van der Waals surface area (Å²) in [5.74, 6) is 0.497. The van der Waals surface area contributed by atoms with Gasteiger partial charge in [-0.3, -0.25) is 4.99 Å². The molecule has 0 spiro atoms. The summed E-state index contributed by atoms with van der Waals surface area (Å²) >= 11 is 0. The van der Waals surface area contributed by atoms with Crippen LogP contribution in [0.15, 0.2) is 48.1 Å². The van der Waals surface area contributed by atoms with Crippen molar-refractivity contribution >= 4 is 17.6 Å². The van der Waals surface area contributed by atoms with Gasteiger partial charge in [0.05, 0.1) is 5.69 Å². The molecule has 1 N–H and O–H groups in total. The average molecular weight is 335 g/mol. The molecule has 0 aliphatic heterocycles. The first-order valence-electron chi connectivity index (χ1n) is 9.16. The zero-order chi connectivity index (χ0) is 18.4. The predicted molar refractivity (Wildman–Crippen MR) is 112 cm³/mol. The number of rotatable bonds is 7. The third-order valence-corrected chi connectivity index (χ3v) is 4.64. The largest absolute Gasteiger partial charge is 0.362 e. The van der Waals surface area contributed by atoms with E-state index in [-0.39, 0.29) is 0 Å². The SMILES string of the molecule is C=CNc1cc(C)cc(-c2ccc(C)c(/N=C\C(C)CC)c2)c1CC. The van der Waals surface area contributed by atoms with Gasteiger partial charge in [-0.25, -0.2) is 0 Å². The van der Waals surface area contributed by atoms with Gasteiger partial charge in [0.25, 0.3) is 0 Å². The van der Waals surface area contributed by atoms with E-state index in [4.69, 9.17) is 4.99 Å². The van der Waals surface area contributed by atoms with Gasteiger partial charge in [-0.15, -0.1) is 0 Å². The zero-order valence-corrected chi connectivity index (χ0v) is 16.2. The topological polar surface area (TPSA) is 24.4 Å². The number of aliphatic imine (C=N–C) groups is 1. The number of nitrogens with zero attached hydrogens (tertiary/aromatic N) is 1. The third kappa shape index (κ3) is 4.60. The van der Waals surface area contributed by atoms with Gasteiger partial charge >= 0.3 is 0 Å². The highest BCUT2D eigenvalue weighted by Gasteiger charge is 2.11. The molecule has 0 saturated carbocycles. The van der Waals surface area contributed by atoms with Crippen LogP contribution in [-0.2, 0) is 6.42 Å². The van der Waals surface area contributed by atoms with Crippen molar-refractivity contribution in [3.63, 3.8) is 0 Å². The van der Waals surface area contributed by atoms with Crippen molar-refractivity contribution in [2.45, 2.75) is 47.5 Å². The number of nitrogens with one attached hydrogen (secondary N) is 1. The summed E-state index contributed by atoms with van der Waals surface area (Å²) in [4.78, 5) is 4.74. The first-order chi connectivity index (χ1) is 12.0. The number of benzene rings is 2. The lowest BCUT2D eigenvalue weighted by atomic mass is 9.93. The lowest BCUT2D eigenvalue weighted by molar-refractivity contribution is 0.754. The summed E-state index contributed by atoms with van der Waals surface area (Å²) < 4.78 is 0. The monoisotopic (exact) mass is 334 g/mol. The van der Waals surface area contributed by atoms with Crippen LogP contribution in [-0.4, -0.2) is 6.21 Å². The summed E-state index contributed by atoms with van der Waals surface area (Å²) in [6, 6.07) is 11.0. The summed E-state index contributed by atoms with van der Waals surface area (Å²) in [5.41, 5.74) is 8.44. The van der Waals surface area contributed by atoms with E-state index >= 15 is 0 Å². The fourth-order valence-corrected chi connectivity index (χ4v) is 2.92. The van der Waals surface area contributed by atoms with Crippen molar-refractivity contribution in [1.82, 2.24) is 0 Å². The molecule has 0 bridgehead atoms. The number of hydrogen-bond acceptors (Lipinski definition) is 2. The van der Waals surface area contributed by atoms with Gasteiger partial charge in [0, 0.05) is 11.9 Å². The Kier molecular flexibility index (Phi) is 6.58. The van der Waals surface area contributed by atoms with Gasteiger partial charge in [0.15, 0.2) is 0 Å². The second-order valence-corrected chi connectivity index (χ2v) is 6.71. The summed E-state index contributed by atoms with van der Waals surface area (Å²) in [5, 5.41) is 3.29. The Balaban J connectivity index is 2.55. The van der Waals surface area contributed by atoms with Crippen molar-refractivity contribution in [2.75, 3.05) is 5.32 Å². The molecule has 0 amide bonds. The van der Waals surface area contributed by atoms with E-state index in [1.54, 1.807) is 6.20 Å². The van der Waals surface area contributed by atoms with E-state index in [9.17, 15) is 0 Å². The Labute approximate surface area is 152 Å². The molecule has 0 fully saturated rings. The normalized spacial score (nSPS) is 12.4. The Hall–Kier alpha value is -2.35. The molecule has 0 aliphatic carbocycles. The van der Waals surface area contributed by atoms with Gasteiger partial charge < -0.3 is 5.32 Å². The fraction of sp³-hybridized carbons (Fsp3) is 0.348. The summed E-state index contributed by atoms with van der Waals surface area (Å²) in [7, 11) is 0. The Bertz CT molecular complexity index is 772. The molecule has 2 rings (SSSR count). The predicted octanol–water partition coefficient (Wildman–Crippen LogP) is 6.84. The van der Waals surface area contributed by atoms with Gasteiger partial charge in [-0.05, 0) is 78.8 Å². The molecule has 1 atom stereocenters. The highest BCUT2D eigenvalue weighted by Crippen LogP contribution is 2.34. The molecule has 2 aromatic carbocycles. The highest BCUT2D eigenvalue weighted by molar-refractivity contribution is 5.79. The van der Waals surface area contributed by atoms with E-state index in [0.717, 1.165) is 24.2 Å². The van der Waals surface area contributed by atoms with E-state index in [0.29, 0.717) is 5.92 Å². The maximum Gasteiger partial charge on any atom is 0.0661 e. The molecule has 0 radical (unpaired) electrons. The van der Waals surface area contributed by atoms with Crippen molar-refractivity contribution in [1.29, 1.82) is 0 Å². The van der Waals surface area contributed by atoms with Crippen LogP contribution in [0, 0.1) is 19.8 Å². The molecule has 132 valence electrons. The molecular formula is C23H30N2. The van der Waals surface area contributed by atoms with Crippen LogP contribution in [0.1, 0.15) is 43.9 Å². The quantitative estimate of drug-likeness (QED) is 0.551. The van der Waals surface area contributed by atoms with Crippen LogP contribution in [0.5, 0.6) is 0 Å². The number of hydrogen-bond donors (Lipinski definition) is 1. The lowest BCUT2D eigenvalue weighted by Crippen LogP contribution is -1.98. The van der Waals surface area contributed by atoms with E-state index in [1.165, 1.54) is 27.8 Å². The van der Waals surface area contributed by atoms with Crippen molar-refractivity contribution in [2.24, 2.45) is 10.9 Å². The minimum Gasteiger partial charge on any atom is -0.362 e. The number of anilines is 1. The maximum absolute atomic E-state index is 4.74. The summed E-state index contributed by atoms with van der Waals surface area (Å²) in [6.45, 7) is 14.6. The minimum absolute atomic E-state index is 0.497. The molecule has 2 nitrogen and oxygen atoms in total. The molecular weight excluding hydrogens is 304 g/mol. The molecule has 2 aromatic rings. The van der Waals surface area contributed by atoms with Crippen LogP contribution in [0.25, 0.3) is 11.1 Å². The van der Waals surface area contributed by atoms with E-state index in [2.05, 4.69) is 83.1 Å². The van der Waals surface area contributed by atoms with Crippen molar-refractivity contribution < 1.29 is 0 Å². The second-order valence-electron chi connectivity index (χ2n) is 6.71. The Morgan fingerprint density at radius 2 is 1.92 bits per heavy atom. The molecule has 0 saturated heterocycles. The van der Waals surface area contributed by atoms with Gasteiger partial charge in [0.1, 0.15) is 0 Å². The van der Waals surface area contributed by atoms with Crippen LogP contribution in [0.3, 0.4) is 0 Å². The minimum atomic E-state index is 0.497. The number of aryl methyl sites for hydroxylation is 2. The summed E-state index contributed by atoms with van der Waals surface area (Å²) in [6.07, 6.45) is 5.88. The van der Waals surface area contributed by atoms with Crippen molar-refractivity contribution in [3.05, 3.63) is 59.8 Å². The standard InChI is InChI=1S/C23H30N2/c1-7-16(4)15-25-22-14-19(11-10-18(22)6)21-12-17(5)13-23(24-9-3)20(21)8-2/h9-16,24H,3,7-8H2,1-2,4-6H3/b25-15-. The van der Waals surface area contributed by atoms with Gasteiger partial charge in [-0.1, -0.05) is 45.5 Å². The van der Waals surface area contributed by atoms with Crippen LogP contribution < -0.4 is 5.32 Å². The molecule has 0 aliphatic rings. The van der Waals surface area contributed by atoms with Gasteiger partial charge in [-0.2, -0.15) is 0 Å². The Morgan fingerprint density at radius 1 is 1.16 bits per heavy atom. The third-order valence-electron chi connectivity index (χ3n) is 4.64. The van der Waals surface area contributed by atoms with Crippen molar-refractivity contribution in [3.8, 4) is 11.1 Å². The molecule has 25 heavy (non-hydrogen) atoms.